The molecule has 0 heterocycles. The molecule has 0 amide bonds. The first-order chi connectivity index (χ1) is 37.1. The van der Waals surface area contributed by atoms with Gasteiger partial charge >= 0.3 is 33.0 Å². The van der Waals surface area contributed by atoms with Crippen LogP contribution in [0.4, 0.5) is 79.0 Å². The fourth-order valence-electron chi connectivity index (χ4n) is 5.59. The van der Waals surface area contributed by atoms with Crippen molar-refractivity contribution in [2.45, 2.75) is 62.4 Å². The third kappa shape index (κ3) is 16.4. The number of hydrogen-bond donors (Lipinski definition) is 0. The van der Waals surface area contributed by atoms with E-state index in [1.165, 1.54) is 29.4 Å². The average molecular weight is 1350 g/mol. The molecule has 0 aliphatic heterocycles. The molecule has 0 unspecified atom stereocenters. The van der Waals surface area contributed by atoms with Gasteiger partial charge in [0.05, 0.1) is 29.6 Å². The fourth-order valence-corrected chi connectivity index (χ4v) is 21.3. The van der Waals surface area contributed by atoms with E-state index in [0.717, 1.165) is 0 Å². The summed E-state index contributed by atoms with van der Waals surface area (Å²) in [5.74, 6) is 0. The molecule has 82 heavy (non-hydrogen) atoms. The summed E-state index contributed by atoms with van der Waals surface area (Å²) in [5, 5.41) is 0. The average Bonchev–Trinajstić information content (AvgIpc) is 2.70. The molecule has 0 aromatic heterocycles. The first-order valence-corrected chi connectivity index (χ1v) is 31.9. The summed E-state index contributed by atoms with van der Waals surface area (Å²) in [4.78, 5) is 8.17. The molecule has 0 saturated heterocycles. The Balaban J connectivity index is 0.000000287. The van der Waals surface area contributed by atoms with Gasteiger partial charge in [0, 0.05) is 0 Å². The lowest BCUT2D eigenvalue weighted by atomic mass is 10.4. The lowest BCUT2D eigenvalue weighted by Gasteiger charge is -2.31. The van der Waals surface area contributed by atoms with Crippen molar-refractivity contribution >= 4 is 80.8 Å². The van der Waals surface area contributed by atoms with Crippen LogP contribution in [0.1, 0.15) is 0 Å². The van der Waals surface area contributed by atoms with Crippen molar-refractivity contribution in [2.24, 2.45) is 0 Å². The van der Waals surface area contributed by atoms with E-state index < -0.39 is 99.9 Å². The van der Waals surface area contributed by atoms with Crippen molar-refractivity contribution in [3.8, 4) is 0 Å². The van der Waals surface area contributed by atoms with E-state index in [2.05, 4.69) is 182 Å². The Morgan fingerprint density at radius 3 is 0.390 bits per heavy atom. The highest BCUT2D eigenvalue weighted by atomic mass is 32.3. The molecule has 6 aromatic carbocycles. The van der Waals surface area contributed by atoms with E-state index in [1.807, 2.05) is 0 Å². The SMILES string of the molecule is O=S(=O)([C-](S(=O)(=O)C(F)(F)F)S(=O)(=O)C(F)(F)F)C(F)(F)F.O=S(=O)([C-](S(=O)(=O)C(F)(F)F)S(=O)(=O)C(F)(F)F)C(F)(F)F.c1ccc([S+](c2ccccc2)c2ccccc2)cc1.c1ccc([S+](c2ccccc2)c2ccccc2)cc1. The maximum Gasteiger partial charge on any atom is 0.470 e. The standard InChI is InChI=1S/2C18H15S.2C4F9O6S3/c2*1-4-10-16(11-5-1)19(17-12-6-2-7-13-17)18-14-8-3-9-15-18;2*5-2(6,7)20(14,15)1(21(16,17)3(8,9)10)22(18,19)4(11,12)13/h2*1-15H;;/q2*+1;2*-1. The number of alkyl halides is 18. The van der Waals surface area contributed by atoms with Gasteiger partial charge < -0.3 is 0 Å². The van der Waals surface area contributed by atoms with Crippen molar-refractivity contribution < 1.29 is 130 Å². The summed E-state index contributed by atoms with van der Waals surface area (Å²) in [5.41, 5.74) is -42.3. The summed E-state index contributed by atoms with van der Waals surface area (Å²) in [6.45, 7) is 0. The van der Waals surface area contributed by atoms with E-state index in [0.29, 0.717) is 0 Å². The molecule has 6 aromatic rings. The van der Waals surface area contributed by atoms with Crippen LogP contribution >= 0.6 is 0 Å². The summed E-state index contributed by atoms with van der Waals surface area (Å²) in [6, 6.07) is 64.3. The molecule has 0 spiro atoms. The fraction of sp³-hybridized carbons (Fsp3) is 0.136. The second kappa shape index (κ2) is 26.2. The van der Waals surface area contributed by atoms with Gasteiger partial charge in [-0.05, 0) is 72.8 Å². The third-order valence-corrected chi connectivity index (χ3v) is 27.7. The van der Waals surface area contributed by atoms with Gasteiger partial charge in [0.2, 0.25) is 0 Å². The van der Waals surface area contributed by atoms with Crippen molar-refractivity contribution in [1.82, 2.24) is 0 Å². The van der Waals surface area contributed by atoms with Crippen molar-refractivity contribution in [3.05, 3.63) is 190 Å². The molecule has 0 fully saturated rings. The minimum atomic E-state index is -8.02. The Morgan fingerprint density at radius 1 is 0.207 bits per heavy atom. The van der Waals surface area contributed by atoms with Crippen LogP contribution in [-0.2, 0) is 80.8 Å². The highest BCUT2D eigenvalue weighted by molar-refractivity contribution is 8.30. The van der Waals surface area contributed by atoms with Gasteiger partial charge in [-0.2, -0.15) is 79.0 Å². The molecule has 0 aliphatic carbocycles. The van der Waals surface area contributed by atoms with E-state index in [1.54, 1.807) is 0 Å². The Kier molecular flexibility index (Phi) is 22.6. The molecule has 0 atom stereocenters. The van der Waals surface area contributed by atoms with E-state index >= 15 is 0 Å². The molecule has 0 N–H and O–H groups in total. The van der Waals surface area contributed by atoms with Crippen LogP contribution in [-0.4, -0.2) is 83.6 Å². The molecule has 38 heteroatoms. The van der Waals surface area contributed by atoms with Crippen LogP contribution in [0.25, 0.3) is 0 Å². The van der Waals surface area contributed by atoms with Crippen molar-refractivity contribution in [3.63, 3.8) is 0 Å². The Labute approximate surface area is 460 Å². The van der Waals surface area contributed by atoms with Crippen LogP contribution in [0.2, 0.25) is 0 Å². The Hall–Kier alpha value is -5.54. The molecule has 0 bridgehead atoms. The van der Waals surface area contributed by atoms with Gasteiger partial charge in [-0.25, -0.2) is 0 Å². The maximum absolute atomic E-state index is 12.0. The number of rotatable bonds is 12. The Bertz CT molecular complexity index is 3100. The van der Waals surface area contributed by atoms with Crippen LogP contribution < -0.4 is 0 Å². The molecule has 12 nitrogen and oxygen atoms in total. The quantitative estimate of drug-likeness (QED) is 0.0637. The highest BCUT2D eigenvalue weighted by Crippen LogP contribution is 2.49. The minimum Gasteiger partial charge on any atom is -0.251 e. The molecule has 452 valence electrons. The number of hydrogen-bond acceptors (Lipinski definition) is 12. The molecule has 6 rings (SSSR count). The summed E-state index contributed by atoms with van der Waals surface area (Å²) < 4.78 is 335. The van der Waals surface area contributed by atoms with Gasteiger partial charge in [0.25, 0.3) is 0 Å². The van der Waals surface area contributed by atoms with Crippen LogP contribution in [0.5, 0.6) is 0 Å². The zero-order chi connectivity index (χ0) is 63.0. The van der Waals surface area contributed by atoms with E-state index in [4.69, 9.17) is 0 Å². The third-order valence-electron chi connectivity index (χ3n) is 9.02. The smallest absolute Gasteiger partial charge is 0.251 e. The topological polar surface area (TPSA) is 205 Å². The van der Waals surface area contributed by atoms with Crippen molar-refractivity contribution in [1.29, 1.82) is 0 Å². The highest BCUT2D eigenvalue weighted by Gasteiger charge is 2.65. The summed E-state index contributed by atoms with van der Waals surface area (Å²) in [7, 11) is -48.1. The van der Waals surface area contributed by atoms with Gasteiger partial charge in [0.1, 0.15) is 0 Å². The molecule has 0 aliphatic rings. The zero-order valence-corrected chi connectivity index (χ0v) is 45.8. The number of benzene rings is 6. The number of sulfone groups is 6. The molecular weight excluding hydrogens is 1320 g/mol. The summed E-state index contributed by atoms with van der Waals surface area (Å²) >= 11 is 0. The van der Waals surface area contributed by atoms with Gasteiger partial charge in [-0.3, -0.25) is 50.5 Å². The van der Waals surface area contributed by atoms with Crippen LogP contribution in [0.15, 0.2) is 211 Å². The summed E-state index contributed by atoms with van der Waals surface area (Å²) in [6.07, 6.45) is 0. The lowest BCUT2D eigenvalue weighted by molar-refractivity contribution is -0.0488. The van der Waals surface area contributed by atoms with Crippen LogP contribution in [0.3, 0.4) is 0 Å². The molecular formula is C44H30F18O12S8. The van der Waals surface area contributed by atoms with Crippen molar-refractivity contribution in [2.75, 3.05) is 0 Å². The predicted octanol–water partition coefficient (Wildman–Crippen LogP) is 12.0. The predicted molar refractivity (Wildman–Crippen MR) is 259 cm³/mol. The molecule has 0 radical (unpaired) electrons. The minimum absolute atomic E-state index is 0.0146. The second-order valence-electron chi connectivity index (χ2n) is 14.7. The largest absolute Gasteiger partial charge is 0.470 e. The number of halogens is 18. The van der Waals surface area contributed by atoms with Crippen LogP contribution in [0, 0.1) is 7.83 Å². The zero-order valence-electron chi connectivity index (χ0n) is 39.3. The Morgan fingerprint density at radius 2 is 0.305 bits per heavy atom. The lowest BCUT2D eigenvalue weighted by Crippen LogP contribution is -2.47. The van der Waals surface area contributed by atoms with E-state index in [9.17, 15) is 130 Å². The maximum atomic E-state index is 12.0. The first kappa shape index (κ1) is 70.7. The second-order valence-corrected chi connectivity index (χ2v) is 31.6. The monoisotopic (exact) mass is 1350 g/mol. The van der Waals surface area contributed by atoms with Gasteiger partial charge in [-0.1, -0.05) is 109 Å². The van der Waals surface area contributed by atoms with Gasteiger partial charge in [0.15, 0.2) is 88.4 Å². The van der Waals surface area contributed by atoms with Gasteiger partial charge in [-0.15, -0.1) is 0 Å². The van der Waals surface area contributed by atoms with E-state index in [-0.39, 0.29) is 21.8 Å². The molecule has 0 saturated carbocycles. The normalized spacial score (nSPS) is 13.5. The first-order valence-electron chi connectivity index (χ1n) is 20.5.